The number of hydrogen-bond donors (Lipinski definition) is 1. The van der Waals surface area contributed by atoms with Crippen LogP contribution in [0, 0.1) is 11.8 Å². The maximum Gasteiger partial charge on any atom is 0.118 e. The zero-order valence-electron chi connectivity index (χ0n) is 13.9. The van der Waals surface area contributed by atoms with E-state index >= 15 is 0 Å². The molecule has 21 heavy (non-hydrogen) atoms. The molecular weight excluding hydrogens is 258 g/mol. The van der Waals surface area contributed by atoms with E-state index in [0.717, 1.165) is 24.1 Å². The summed E-state index contributed by atoms with van der Waals surface area (Å²) in [6.07, 6.45) is 8.08. The molecule has 0 aliphatic heterocycles. The van der Waals surface area contributed by atoms with Gasteiger partial charge in [0.2, 0.25) is 0 Å². The first-order valence-electron chi connectivity index (χ1n) is 8.65. The first-order valence-corrected chi connectivity index (χ1v) is 8.65. The van der Waals surface area contributed by atoms with Gasteiger partial charge in [-0.1, -0.05) is 45.2 Å². The van der Waals surface area contributed by atoms with Gasteiger partial charge in [0.05, 0.1) is 7.11 Å². The molecule has 0 amide bonds. The highest BCUT2D eigenvalue weighted by molar-refractivity contribution is 5.29. The van der Waals surface area contributed by atoms with Crippen LogP contribution in [0.2, 0.25) is 0 Å². The van der Waals surface area contributed by atoms with Crippen LogP contribution in [0.3, 0.4) is 0 Å². The lowest BCUT2D eigenvalue weighted by Crippen LogP contribution is -2.31. The molecule has 118 valence electrons. The van der Waals surface area contributed by atoms with E-state index in [1.807, 2.05) is 0 Å². The summed E-state index contributed by atoms with van der Waals surface area (Å²) < 4.78 is 5.28. The third-order valence-corrected chi connectivity index (χ3v) is 5.03. The topological polar surface area (TPSA) is 21.3 Å². The maximum absolute atomic E-state index is 5.28. The molecule has 2 nitrogen and oxygen atoms in total. The third-order valence-electron chi connectivity index (χ3n) is 5.03. The van der Waals surface area contributed by atoms with Gasteiger partial charge < -0.3 is 10.1 Å². The molecule has 1 aromatic rings. The van der Waals surface area contributed by atoms with E-state index in [1.165, 1.54) is 44.1 Å². The molecule has 1 unspecified atom stereocenters. The first kappa shape index (κ1) is 16.4. The number of methoxy groups -OCH3 is 1. The second kappa shape index (κ2) is 8.43. The number of hydrogen-bond acceptors (Lipinski definition) is 2. The van der Waals surface area contributed by atoms with Crippen LogP contribution in [0.1, 0.15) is 64.0 Å². The molecule has 1 saturated carbocycles. The standard InChI is InChI=1S/C19H31NO/c1-4-14-20-19(16-8-6-15(5-2)7-9-16)17-10-12-18(21-3)13-11-17/h10-13,15-16,19-20H,4-9,14H2,1-3H3. The Morgan fingerprint density at radius 2 is 1.76 bits per heavy atom. The highest BCUT2D eigenvalue weighted by Gasteiger charge is 2.27. The Morgan fingerprint density at radius 1 is 1.10 bits per heavy atom. The summed E-state index contributed by atoms with van der Waals surface area (Å²) in [5.41, 5.74) is 1.42. The molecule has 0 radical (unpaired) electrons. The lowest BCUT2D eigenvalue weighted by atomic mass is 9.76. The lowest BCUT2D eigenvalue weighted by molar-refractivity contribution is 0.218. The minimum absolute atomic E-state index is 0.508. The van der Waals surface area contributed by atoms with Gasteiger partial charge in [-0.15, -0.1) is 0 Å². The molecule has 1 fully saturated rings. The molecule has 2 heteroatoms. The molecule has 2 rings (SSSR count). The van der Waals surface area contributed by atoms with Gasteiger partial charge in [-0.2, -0.15) is 0 Å². The van der Waals surface area contributed by atoms with Crippen LogP contribution in [0.4, 0.5) is 0 Å². The van der Waals surface area contributed by atoms with E-state index in [4.69, 9.17) is 4.74 Å². The molecule has 1 aliphatic rings. The number of rotatable bonds is 7. The van der Waals surface area contributed by atoms with Gasteiger partial charge in [0.1, 0.15) is 5.75 Å². The Bertz CT molecular complexity index is 393. The molecule has 1 N–H and O–H groups in total. The fourth-order valence-electron chi connectivity index (χ4n) is 3.60. The normalized spacial score (nSPS) is 23.8. The van der Waals surface area contributed by atoms with Crippen molar-refractivity contribution in [3.8, 4) is 5.75 Å². The van der Waals surface area contributed by atoms with Crippen molar-refractivity contribution in [2.75, 3.05) is 13.7 Å². The van der Waals surface area contributed by atoms with Gasteiger partial charge in [0.15, 0.2) is 0 Å². The van der Waals surface area contributed by atoms with Crippen molar-refractivity contribution in [3.05, 3.63) is 29.8 Å². The van der Waals surface area contributed by atoms with Gasteiger partial charge in [0, 0.05) is 6.04 Å². The van der Waals surface area contributed by atoms with Crippen molar-refractivity contribution >= 4 is 0 Å². The minimum atomic E-state index is 0.508. The fourth-order valence-corrected chi connectivity index (χ4v) is 3.60. The van der Waals surface area contributed by atoms with Crippen LogP contribution < -0.4 is 10.1 Å². The molecular formula is C19H31NO. The summed E-state index contributed by atoms with van der Waals surface area (Å²) in [5.74, 6) is 2.69. The van der Waals surface area contributed by atoms with E-state index in [9.17, 15) is 0 Å². The van der Waals surface area contributed by atoms with Crippen LogP contribution in [0.25, 0.3) is 0 Å². The summed E-state index contributed by atoms with van der Waals surface area (Å²) in [6, 6.07) is 9.16. The van der Waals surface area contributed by atoms with Gasteiger partial charge in [-0.25, -0.2) is 0 Å². The molecule has 1 aromatic carbocycles. The van der Waals surface area contributed by atoms with Gasteiger partial charge >= 0.3 is 0 Å². The number of ether oxygens (including phenoxy) is 1. The van der Waals surface area contributed by atoms with Crippen LogP contribution in [-0.2, 0) is 0 Å². The van der Waals surface area contributed by atoms with Crippen LogP contribution in [-0.4, -0.2) is 13.7 Å². The zero-order chi connectivity index (χ0) is 15.1. The monoisotopic (exact) mass is 289 g/mol. The van der Waals surface area contributed by atoms with Crippen LogP contribution in [0.15, 0.2) is 24.3 Å². The minimum Gasteiger partial charge on any atom is -0.497 e. The van der Waals surface area contributed by atoms with Crippen molar-refractivity contribution in [1.29, 1.82) is 0 Å². The van der Waals surface area contributed by atoms with E-state index in [2.05, 4.69) is 43.4 Å². The molecule has 0 aromatic heterocycles. The summed E-state index contributed by atoms with van der Waals surface area (Å²) in [4.78, 5) is 0. The molecule has 1 atom stereocenters. The lowest BCUT2D eigenvalue weighted by Gasteiger charge is -2.34. The average Bonchev–Trinajstić information content (AvgIpc) is 2.56. The Balaban J connectivity index is 2.06. The molecule has 1 aliphatic carbocycles. The maximum atomic E-state index is 5.28. The first-order chi connectivity index (χ1) is 10.3. The van der Waals surface area contributed by atoms with Gasteiger partial charge in [-0.3, -0.25) is 0 Å². The highest BCUT2D eigenvalue weighted by atomic mass is 16.5. The molecule has 0 spiro atoms. The van der Waals surface area contributed by atoms with E-state index in [-0.39, 0.29) is 0 Å². The highest BCUT2D eigenvalue weighted by Crippen LogP contribution is 2.38. The van der Waals surface area contributed by atoms with Crippen molar-refractivity contribution < 1.29 is 4.74 Å². The Morgan fingerprint density at radius 3 is 2.29 bits per heavy atom. The van der Waals surface area contributed by atoms with Crippen LogP contribution in [0.5, 0.6) is 5.75 Å². The van der Waals surface area contributed by atoms with Crippen molar-refractivity contribution in [3.63, 3.8) is 0 Å². The van der Waals surface area contributed by atoms with Crippen molar-refractivity contribution in [2.24, 2.45) is 11.8 Å². The van der Waals surface area contributed by atoms with Gasteiger partial charge in [-0.05, 0) is 55.3 Å². The largest absolute Gasteiger partial charge is 0.497 e. The predicted molar refractivity (Wildman–Crippen MR) is 89.8 cm³/mol. The molecule has 0 saturated heterocycles. The van der Waals surface area contributed by atoms with Crippen LogP contribution >= 0.6 is 0 Å². The summed E-state index contributed by atoms with van der Waals surface area (Å²) in [5, 5.41) is 3.78. The second-order valence-electron chi connectivity index (χ2n) is 6.39. The second-order valence-corrected chi connectivity index (χ2v) is 6.39. The molecule has 0 heterocycles. The molecule has 0 bridgehead atoms. The summed E-state index contributed by atoms with van der Waals surface area (Å²) >= 11 is 0. The smallest absolute Gasteiger partial charge is 0.118 e. The Labute approximate surface area is 130 Å². The van der Waals surface area contributed by atoms with E-state index < -0.39 is 0 Å². The Kier molecular flexibility index (Phi) is 6.56. The zero-order valence-corrected chi connectivity index (χ0v) is 13.9. The van der Waals surface area contributed by atoms with E-state index in [0.29, 0.717) is 6.04 Å². The average molecular weight is 289 g/mol. The quantitative estimate of drug-likeness (QED) is 0.766. The fraction of sp³-hybridized carbons (Fsp3) is 0.684. The number of benzene rings is 1. The third kappa shape index (κ3) is 4.47. The van der Waals surface area contributed by atoms with E-state index in [1.54, 1.807) is 7.11 Å². The predicted octanol–water partition coefficient (Wildman–Crippen LogP) is 4.95. The Hall–Kier alpha value is -1.02. The number of nitrogens with one attached hydrogen (secondary N) is 1. The summed E-state index contributed by atoms with van der Waals surface area (Å²) in [6.45, 7) is 5.68. The van der Waals surface area contributed by atoms with Crippen molar-refractivity contribution in [1.82, 2.24) is 5.32 Å². The van der Waals surface area contributed by atoms with Crippen molar-refractivity contribution in [2.45, 2.75) is 58.4 Å². The SMILES string of the molecule is CCCNC(c1ccc(OC)cc1)C1CCC(CC)CC1. The van der Waals surface area contributed by atoms with Gasteiger partial charge in [0.25, 0.3) is 0 Å². The summed E-state index contributed by atoms with van der Waals surface area (Å²) in [7, 11) is 1.73.